The maximum Gasteiger partial charge on any atom is 0.0576 e. The molecule has 0 spiro atoms. The van der Waals surface area contributed by atoms with Crippen molar-refractivity contribution in [1.82, 2.24) is 5.32 Å². The first-order valence-electron chi connectivity index (χ1n) is 7.27. The van der Waals surface area contributed by atoms with Crippen molar-refractivity contribution in [3.63, 3.8) is 0 Å². The van der Waals surface area contributed by atoms with E-state index in [1.165, 1.54) is 70.9 Å². The lowest BCUT2D eigenvalue weighted by Gasteiger charge is -2.11. The SMILES string of the molecule is C1CCC(CCNCCCC2CCCO2)C1. The molecular formula is C14H27NO. The van der Waals surface area contributed by atoms with E-state index in [0.717, 1.165) is 12.5 Å². The molecule has 1 aliphatic heterocycles. The Morgan fingerprint density at radius 2 is 1.81 bits per heavy atom. The lowest BCUT2D eigenvalue weighted by atomic mass is 10.0. The molecule has 1 heterocycles. The van der Waals surface area contributed by atoms with Crippen LogP contribution in [0.3, 0.4) is 0 Å². The van der Waals surface area contributed by atoms with Crippen molar-refractivity contribution in [1.29, 1.82) is 0 Å². The molecule has 0 aromatic rings. The fraction of sp³-hybridized carbons (Fsp3) is 1.00. The Kier molecular flexibility index (Phi) is 5.64. The Hall–Kier alpha value is -0.0800. The molecule has 1 aliphatic carbocycles. The highest BCUT2D eigenvalue weighted by molar-refractivity contribution is 4.69. The van der Waals surface area contributed by atoms with Crippen molar-refractivity contribution in [3.05, 3.63) is 0 Å². The van der Waals surface area contributed by atoms with E-state index in [0.29, 0.717) is 6.10 Å². The zero-order valence-electron chi connectivity index (χ0n) is 10.5. The summed E-state index contributed by atoms with van der Waals surface area (Å²) in [5, 5.41) is 3.58. The molecule has 2 nitrogen and oxygen atoms in total. The molecule has 1 saturated heterocycles. The van der Waals surface area contributed by atoms with E-state index in [2.05, 4.69) is 5.32 Å². The zero-order valence-corrected chi connectivity index (χ0v) is 10.5. The Morgan fingerprint density at radius 3 is 2.56 bits per heavy atom. The molecule has 2 rings (SSSR count). The monoisotopic (exact) mass is 225 g/mol. The standard InChI is InChI=1S/C14H27NO/c1-2-6-13(5-1)9-11-15-10-3-7-14-8-4-12-16-14/h13-15H,1-12H2. The highest BCUT2D eigenvalue weighted by Crippen LogP contribution is 2.26. The number of hydrogen-bond donors (Lipinski definition) is 1. The second-order valence-corrected chi connectivity index (χ2v) is 5.47. The minimum Gasteiger partial charge on any atom is -0.378 e. The van der Waals surface area contributed by atoms with E-state index >= 15 is 0 Å². The Bertz CT molecular complexity index is 152. The molecule has 0 bridgehead atoms. The number of ether oxygens (including phenoxy) is 1. The van der Waals surface area contributed by atoms with Gasteiger partial charge in [-0.1, -0.05) is 25.7 Å². The maximum atomic E-state index is 5.61. The highest BCUT2D eigenvalue weighted by atomic mass is 16.5. The minimum atomic E-state index is 0.580. The van der Waals surface area contributed by atoms with Crippen LogP contribution in [0.15, 0.2) is 0 Å². The molecule has 0 radical (unpaired) electrons. The third kappa shape index (κ3) is 4.42. The average molecular weight is 225 g/mol. The molecule has 2 heteroatoms. The molecule has 1 N–H and O–H groups in total. The van der Waals surface area contributed by atoms with Gasteiger partial charge in [0.1, 0.15) is 0 Å². The molecule has 16 heavy (non-hydrogen) atoms. The summed E-state index contributed by atoms with van der Waals surface area (Å²) in [6.07, 6.45) is 13.0. The van der Waals surface area contributed by atoms with Gasteiger partial charge in [-0.25, -0.2) is 0 Å². The molecular weight excluding hydrogens is 198 g/mol. The molecule has 2 fully saturated rings. The molecule has 0 aromatic heterocycles. The van der Waals surface area contributed by atoms with Crippen molar-refractivity contribution < 1.29 is 4.74 Å². The molecule has 0 amide bonds. The first-order chi connectivity index (χ1) is 7.95. The summed E-state index contributed by atoms with van der Waals surface area (Å²) >= 11 is 0. The minimum absolute atomic E-state index is 0.580. The molecule has 2 aliphatic rings. The summed E-state index contributed by atoms with van der Waals surface area (Å²) in [7, 11) is 0. The molecule has 1 atom stereocenters. The second-order valence-electron chi connectivity index (χ2n) is 5.47. The van der Waals surface area contributed by atoms with Gasteiger partial charge in [-0.15, -0.1) is 0 Å². The van der Waals surface area contributed by atoms with Crippen LogP contribution < -0.4 is 5.32 Å². The first kappa shape index (κ1) is 12.4. The lowest BCUT2D eigenvalue weighted by molar-refractivity contribution is 0.102. The predicted octanol–water partition coefficient (Wildman–Crippen LogP) is 3.12. The summed E-state index contributed by atoms with van der Waals surface area (Å²) in [6, 6.07) is 0. The van der Waals surface area contributed by atoms with E-state index in [1.807, 2.05) is 0 Å². The van der Waals surface area contributed by atoms with Crippen molar-refractivity contribution in [2.24, 2.45) is 5.92 Å². The largest absolute Gasteiger partial charge is 0.378 e. The first-order valence-corrected chi connectivity index (χ1v) is 7.27. The van der Waals surface area contributed by atoms with Crippen LogP contribution >= 0.6 is 0 Å². The third-order valence-electron chi connectivity index (χ3n) is 4.11. The van der Waals surface area contributed by atoms with Crippen LogP contribution in [0.25, 0.3) is 0 Å². The van der Waals surface area contributed by atoms with E-state index < -0.39 is 0 Å². The second kappa shape index (κ2) is 7.29. The van der Waals surface area contributed by atoms with Gasteiger partial charge in [-0.3, -0.25) is 0 Å². The van der Waals surface area contributed by atoms with Gasteiger partial charge in [-0.2, -0.15) is 0 Å². The van der Waals surface area contributed by atoms with E-state index in [-0.39, 0.29) is 0 Å². The normalized spacial score (nSPS) is 26.6. The van der Waals surface area contributed by atoms with Crippen molar-refractivity contribution in [2.75, 3.05) is 19.7 Å². The van der Waals surface area contributed by atoms with Gasteiger partial charge >= 0.3 is 0 Å². The number of nitrogens with one attached hydrogen (secondary N) is 1. The number of hydrogen-bond acceptors (Lipinski definition) is 2. The summed E-state index contributed by atoms with van der Waals surface area (Å²) in [5.41, 5.74) is 0. The van der Waals surface area contributed by atoms with E-state index in [1.54, 1.807) is 0 Å². The van der Waals surface area contributed by atoms with Gasteiger partial charge < -0.3 is 10.1 Å². The van der Waals surface area contributed by atoms with Crippen LogP contribution in [0.2, 0.25) is 0 Å². The van der Waals surface area contributed by atoms with Crippen LogP contribution in [-0.4, -0.2) is 25.8 Å². The van der Waals surface area contributed by atoms with Gasteiger partial charge in [0.25, 0.3) is 0 Å². The van der Waals surface area contributed by atoms with Crippen LogP contribution in [0, 0.1) is 5.92 Å². The lowest BCUT2D eigenvalue weighted by Crippen LogP contribution is -2.20. The Morgan fingerprint density at radius 1 is 0.938 bits per heavy atom. The van der Waals surface area contributed by atoms with Gasteiger partial charge in [0.15, 0.2) is 0 Å². The van der Waals surface area contributed by atoms with Gasteiger partial charge in [0, 0.05) is 6.61 Å². The summed E-state index contributed by atoms with van der Waals surface area (Å²) in [5.74, 6) is 1.03. The van der Waals surface area contributed by atoms with Crippen molar-refractivity contribution >= 4 is 0 Å². The molecule has 0 aromatic carbocycles. The van der Waals surface area contributed by atoms with Gasteiger partial charge in [-0.05, 0) is 51.1 Å². The fourth-order valence-electron chi connectivity index (χ4n) is 3.06. The van der Waals surface area contributed by atoms with Crippen molar-refractivity contribution in [2.45, 2.75) is 63.9 Å². The van der Waals surface area contributed by atoms with Crippen LogP contribution in [0.1, 0.15) is 57.8 Å². The molecule has 1 unspecified atom stereocenters. The maximum absolute atomic E-state index is 5.61. The molecule has 94 valence electrons. The predicted molar refractivity (Wildman–Crippen MR) is 67.7 cm³/mol. The van der Waals surface area contributed by atoms with Crippen LogP contribution in [0.5, 0.6) is 0 Å². The van der Waals surface area contributed by atoms with Crippen LogP contribution in [0.4, 0.5) is 0 Å². The van der Waals surface area contributed by atoms with E-state index in [4.69, 9.17) is 4.74 Å². The highest BCUT2D eigenvalue weighted by Gasteiger charge is 2.15. The molecule has 1 saturated carbocycles. The van der Waals surface area contributed by atoms with Gasteiger partial charge in [0.2, 0.25) is 0 Å². The van der Waals surface area contributed by atoms with E-state index in [9.17, 15) is 0 Å². The summed E-state index contributed by atoms with van der Waals surface area (Å²) < 4.78 is 5.61. The smallest absolute Gasteiger partial charge is 0.0576 e. The Labute approximate surface area is 100 Å². The third-order valence-corrected chi connectivity index (χ3v) is 4.11. The average Bonchev–Trinajstić information content (AvgIpc) is 2.96. The Balaban J connectivity index is 1.37. The van der Waals surface area contributed by atoms with Crippen molar-refractivity contribution in [3.8, 4) is 0 Å². The number of rotatable bonds is 7. The quantitative estimate of drug-likeness (QED) is 0.672. The fourth-order valence-corrected chi connectivity index (χ4v) is 3.06. The topological polar surface area (TPSA) is 21.3 Å². The summed E-state index contributed by atoms with van der Waals surface area (Å²) in [6.45, 7) is 3.42. The zero-order chi connectivity index (χ0) is 11.1. The van der Waals surface area contributed by atoms with Gasteiger partial charge in [0.05, 0.1) is 6.10 Å². The summed E-state index contributed by atoms with van der Waals surface area (Å²) in [4.78, 5) is 0. The van der Waals surface area contributed by atoms with Crippen LogP contribution in [-0.2, 0) is 4.74 Å².